The van der Waals surface area contributed by atoms with Gasteiger partial charge in [-0.1, -0.05) is 48.3 Å². The number of carbonyl (C=O) groups excluding carboxylic acids is 2. The third-order valence-electron chi connectivity index (χ3n) is 3.81. The van der Waals surface area contributed by atoms with E-state index in [1.807, 2.05) is 60.9 Å². The van der Waals surface area contributed by atoms with Crippen molar-refractivity contribution in [3.8, 4) is 11.1 Å². The highest BCUT2D eigenvalue weighted by molar-refractivity contribution is 7.99. The van der Waals surface area contributed by atoms with Gasteiger partial charge in [0, 0.05) is 30.2 Å². The molecule has 2 amide bonds. The van der Waals surface area contributed by atoms with Gasteiger partial charge < -0.3 is 15.4 Å². The molecule has 0 atom stereocenters. The number of anilines is 2. The van der Waals surface area contributed by atoms with E-state index in [0.717, 1.165) is 16.8 Å². The van der Waals surface area contributed by atoms with Crippen LogP contribution in [-0.2, 0) is 0 Å². The second kappa shape index (κ2) is 8.75. The molecule has 0 unspecified atom stereocenters. The van der Waals surface area contributed by atoms with Crippen molar-refractivity contribution in [3.05, 3.63) is 70.4 Å². The van der Waals surface area contributed by atoms with Crippen LogP contribution in [0.4, 0.5) is 11.4 Å². The Morgan fingerprint density at radius 1 is 0.926 bits per heavy atom. The van der Waals surface area contributed by atoms with Gasteiger partial charge in [0.25, 0.3) is 11.8 Å². The fraction of sp³-hybridized carbons (Fsp3) is 0.100. The summed E-state index contributed by atoms with van der Waals surface area (Å²) in [6, 6.07) is 18.8. The Morgan fingerprint density at radius 2 is 1.67 bits per heavy atom. The number of hydrogen-bond donors (Lipinski definition) is 3. The van der Waals surface area contributed by atoms with E-state index in [9.17, 15) is 9.59 Å². The van der Waals surface area contributed by atoms with E-state index >= 15 is 0 Å². The first-order chi connectivity index (χ1) is 13.1. The monoisotopic (exact) mass is 397 g/mol. The number of nitrogens with one attached hydrogen (secondary N) is 3. The summed E-state index contributed by atoms with van der Waals surface area (Å²) in [6.07, 6.45) is 1.93. The van der Waals surface area contributed by atoms with E-state index in [-0.39, 0.29) is 11.8 Å². The molecule has 7 heteroatoms. The van der Waals surface area contributed by atoms with Gasteiger partial charge >= 0.3 is 0 Å². The molecule has 0 aliphatic heterocycles. The molecule has 2 aromatic carbocycles. The van der Waals surface area contributed by atoms with Gasteiger partial charge in [0.05, 0.1) is 4.88 Å². The van der Waals surface area contributed by atoms with Crippen LogP contribution < -0.4 is 15.4 Å². The third kappa shape index (κ3) is 4.50. The molecule has 3 rings (SSSR count). The summed E-state index contributed by atoms with van der Waals surface area (Å²) in [5.74, 6) is -0.447. The van der Waals surface area contributed by atoms with Crippen molar-refractivity contribution in [3.63, 3.8) is 0 Å². The van der Waals surface area contributed by atoms with Gasteiger partial charge in [0.2, 0.25) is 0 Å². The van der Waals surface area contributed by atoms with Crippen molar-refractivity contribution in [2.75, 3.05) is 23.3 Å². The molecule has 0 aliphatic rings. The molecule has 0 bridgehead atoms. The van der Waals surface area contributed by atoms with Crippen LogP contribution in [0.2, 0.25) is 0 Å². The Bertz CT molecular complexity index is 955. The first-order valence-corrected chi connectivity index (χ1v) is 10.3. The summed E-state index contributed by atoms with van der Waals surface area (Å²) >= 11 is 2.67. The maximum absolute atomic E-state index is 12.7. The molecule has 0 spiro atoms. The highest BCUT2D eigenvalue weighted by atomic mass is 32.2. The minimum Gasteiger partial charge on any atom is -0.354 e. The van der Waals surface area contributed by atoms with Crippen molar-refractivity contribution >= 4 is 46.5 Å². The fourth-order valence-electron chi connectivity index (χ4n) is 2.59. The quantitative estimate of drug-likeness (QED) is 0.527. The van der Waals surface area contributed by atoms with Crippen LogP contribution >= 0.6 is 23.3 Å². The Balaban J connectivity index is 1.90. The van der Waals surface area contributed by atoms with Crippen molar-refractivity contribution in [2.24, 2.45) is 0 Å². The highest BCUT2D eigenvalue weighted by Gasteiger charge is 2.20. The predicted octanol–water partition coefficient (Wildman–Crippen LogP) is 4.72. The van der Waals surface area contributed by atoms with Gasteiger partial charge in [-0.25, -0.2) is 0 Å². The average molecular weight is 398 g/mol. The van der Waals surface area contributed by atoms with Gasteiger partial charge in [0.1, 0.15) is 4.88 Å². The normalized spacial score (nSPS) is 10.3. The number of rotatable bonds is 6. The van der Waals surface area contributed by atoms with Gasteiger partial charge in [0.15, 0.2) is 0 Å². The highest BCUT2D eigenvalue weighted by Crippen LogP contribution is 2.32. The van der Waals surface area contributed by atoms with Crippen LogP contribution in [0.5, 0.6) is 0 Å². The van der Waals surface area contributed by atoms with E-state index < -0.39 is 0 Å². The molecule has 1 aromatic heterocycles. The maximum atomic E-state index is 12.7. The molecule has 138 valence electrons. The molecular weight excluding hydrogens is 378 g/mol. The van der Waals surface area contributed by atoms with E-state index in [0.29, 0.717) is 15.4 Å². The lowest BCUT2D eigenvalue weighted by Gasteiger charge is -2.06. The molecule has 3 aromatic rings. The van der Waals surface area contributed by atoms with Crippen LogP contribution in [0.15, 0.2) is 60.7 Å². The van der Waals surface area contributed by atoms with E-state index in [1.165, 1.54) is 23.3 Å². The van der Waals surface area contributed by atoms with Crippen LogP contribution in [0.3, 0.4) is 0 Å². The number of carbonyl (C=O) groups is 2. The predicted molar refractivity (Wildman–Crippen MR) is 115 cm³/mol. The molecule has 0 aliphatic carbocycles. The zero-order valence-corrected chi connectivity index (χ0v) is 16.5. The minimum absolute atomic E-state index is 0.205. The van der Waals surface area contributed by atoms with Gasteiger partial charge in [-0.3, -0.25) is 9.59 Å². The molecule has 27 heavy (non-hydrogen) atoms. The Labute approximate surface area is 166 Å². The van der Waals surface area contributed by atoms with Crippen molar-refractivity contribution in [1.29, 1.82) is 0 Å². The summed E-state index contributed by atoms with van der Waals surface area (Å²) in [7, 11) is 1.58. The second-order valence-corrected chi connectivity index (χ2v) is 7.30. The van der Waals surface area contributed by atoms with E-state index in [1.54, 1.807) is 13.1 Å². The largest absolute Gasteiger partial charge is 0.354 e. The zero-order chi connectivity index (χ0) is 19.2. The van der Waals surface area contributed by atoms with E-state index in [4.69, 9.17) is 0 Å². The van der Waals surface area contributed by atoms with E-state index in [2.05, 4.69) is 15.4 Å². The lowest BCUT2D eigenvalue weighted by Crippen LogP contribution is -2.17. The molecule has 0 saturated carbocycles. The molecule has 3 N–H and O–H groups in total. The first kappa shape index (κ1) is 19.0. The topological polar surface area (TPSA) is 70.2 Å². The summed E-state index contributed by atoms with van der Waals surface area (Å²) < 4.78 is 3.13. The fourth-order valence-corrected chi connectivity index (χ4v) is 3.97. The number of amides is 2. The van der Waals surface area contributed by atoms with Crippen LogP contribution in [0.25, 0.3) is 11.1 Å². The molecule has 0 saturated heterocycles. The SMILES string of the molecule is CNC(=O)c1sc(C(=O)Nc2cccc(NSC)c2)cc1-c1ccccc1. The number of hydrogen-bond acceptors (Lipinski definition) is 5. The van der Waals surface area contributed by atoms with Gasteiger partial charge in [-0.2, -0.15) is 0 Å². The average Bonchev–Trinajstić information content (AvgIpc) is 3.14. The third-order valence-corrected chi connectivity index (χ3v) is 5.39. The van der Waals surface area contributed by atoms with Crippen LogP contribution in [-0.4, -0.2) is 25.1 Å². The number of benzene rings is 2. The maximum Gasteiger partial charge on any atom is 0.265 e. The standard InChI is InChI=1S/C20H19N3O2S2/c1-21-20(25)18-16(13-7-4-3-5-8-13)12-17(27-18)19(24)22-14-9-6-10-15(11-14)23-26-2/h3-12,23H,1-2H3,(H,21,25)(H,22,24). The lowest BCUT2D eigenvalue weighted by atomic mass is 10.1. The van der Waals surface area contributed by atoms with Crippen LogP contribution in [0.1, 0.15) is 19.3 Å². The zero-order valence-electron chi connectivity index (χ0n) is 14.9. The van der Waals surface area contributed by atoms with Crippen molar-refractivity contribution in [1.82, 2.24) is 5.32 Å². The minimum atomic E-state index is -0.242. The van der Waals surface area contributed by atoms with Gasteiger partial charge in [-0.05, 0) is 29.8 Å². The Kier molecular flexibility index (Phi) is 6.16. The molecule has 1 heterocycles. The summed E-state index contributed by atoms with van der Waals surface area (Å²) in [4.78, 5) is 26.0. The molecular formula is C20H19N3O2S2. The second-order valence-electron chi connectivity index (χ2n) is 5.64. The Hall–Kier alpha value is -2.77. The first-order valence-electron chi connectivity index (χ1n) is 8.24. The Morgan fingerprint density at radius 3 is 2.37 bits per heavy atom. The van der Waals surface area contributed by atoms with Crippen molar-refractivity contribution in [2.45, 2.75) is 0 Å². The smallest absolute Gasteiger partial charge is 0.265 e. The number of thiophene rings is 1. The lowest BCUT2D eigenvalue weighted by molar-refractivity contribution is 0.0967. The van der Waals surface area contributed by atoms with Crippen LogP contribution in [0, 0.1) is 0 Å². The summed E-state index contributed by atoms with van der Waals surface area (Å²) in [6.45, 7) is 0. The van der Waals surface area contributed by atoms with Gasteiger partial charge in [-0.15, -0.1) is 11.3 Å². The summed E-state index contributed by atoms with van der Waals surface area (Å²) in [5, 5.41) is 5.54. The molecule has 5 nitrogen and oxygen atoms in total. The molecule has 0 fully saturated rings. The molecule has 0 radical (unpaired) electrons. The summed E-state index contributed by atoms with van der Waals surface area (Å²) in [5.41, 5.74) is 3.25. The van der Waals surface area contributed by atoms with Crippen molar-refractivity contribution < 1.29 is 9.59 Å².